The van der Waals surface area contributed by atoms with Crippen LogP contribution in [0, 0.1) is 12.7 Å². The van der Waals surface area contributed by atoms with Gasteiger partial charge < -0.3 is 15.1 Å². The summed E-state index contributed by atoms with van der Waals surface area (Å²) < 4.78 is 13.0. The lowest BCUT2D eigenvalue weighted by molar-refractivity contribution is 0.0746. The highest BCUT2D eigenvalue weighted by atomic mass is 19.1. The van der Waals surface area contributed by atoms with E-state index in [4.69, 9.17) is 0 Å². The third-order valence-corrected chi connectivity index (χ3v) is 4.24. The molecule has 1 aliphatic heterocycles. The third kappa shape index (κ3) is 4.28. The molecule has 1 aliphatic rings. The van der Waals surface area contributed by atoms with Gasteiger partial charge >= 0.3 is 0 Å². The second-order valence-electron chi connectivity index (χ2n) is 6.78. The molecule has 1 amide bonds. The lowest BCUT2D eigenvalue weighted by atomic mass is 10.2. The van der Waals surface area contributed by atoms with E-state index in [9.17, 15) is 9.18 Å². The Morgan fingerprint density at radius 1 is 1.12 bits per heavy atom. The summed E-state index contributed by atoms with van der Waals surface area (Å²) in [4.78, 5) is 25.5. The molecule has 1 N–H and O–H groups in total. The molecule has 1 aromatic carbocycles. The predicted molar refractivity (Wildman–Crippen MR) is 100 cm³/mol. The van der Waals surface area contributed by atoms with Gasteiger partial charge in [0.2, 0.25) is 5.95 Å². The molecule has 3 rings (SSSR count). The molecule has 138 valence electrons. The Hall–Kier alpha value is -2.70. The lowest BCUT2D eigenvalue weighted by Gasteiger charge is -2.35. The number of hydrogen-bond acceptors (Lipinski definition) is 5. The number of anilines is 2. The van der Waals surface area contributed by atoms with Gasteiger partial charge in [-0.05, 0) is 45.0 Å². The first-order chi connectivity index (χ1) is 12.4. The second kappa shape index (κ2) is 7.68. The molecule has 2 aromatic rings. The zero-order valence-corrected chi connectivity index (χ0v) is 15.4. The molecule has 0 spiro atoms. The second-order valence-corrected chi connectivity index (χ2v) is 6.78. The van der Waals surface area contributed by atoms with Gasteiger partial charge in [-0.15, -0.1) is 0 Å². The standard InChI is InChI=1S/C19H24FN5O/c1-13(2)21-19-22-14(3)12-17(23-19)24-8-10-25(11-9-24)18(26)15-4-6-16(20)7-5-15/h4-7,12-13H,8-11H2,1-3H3,(H,21,22,23). The van der Waals surface area contributed by atoms with Gasteiger partial charge in [-0.1, -0.05) is 0 Å². The van der Waals surface area contributed by atoms with Crippen molar-refractivity contribution >= 4 is 17.7 Å². The van der Waals surface area contributed by atoms with Crippen molar-refractivity contribution in [2.24, 2.45) is 0 Å². The largest absolute Gasteiger partial charge is 0.353 e. The number of aryl methyl sites for hydroxylation is 1. The van der Waals surface area contributed by atoms with E-state index >= 15 is 0 Å². The van der Waals surface area contributed by atoms with Crippen LogP contribution in [0.25, 0.3) is 0 Å². The molecule has 0 unspecified atom stereocenters. The van der Waals surface area contributed by atoms with Crippen molar-refractivity contribution in [3.8, 4) is 0 Å². The maximum Gasteiger partial charge on any atom is 0.253 e. The summed E-state index contributed by atoms with van der Waals surface area (Å²) in [5.74, 6) is 1.09. The Balaban J connectivity index is 1.65. The maximum absolute atomic E-state index is 13.0. The molecule has 1 saturated heterocycles. The van der Waals surface area contributed by atoms with Gasteiger partial charge in [-0.25, -0.2) is 9.37 Å². The highest BCUT2D eigenvalue weighted by Crippen LogP contribution is 2.18. The minimum atomic E-state index is -0.337. The summed E-state index contributed by atoms with van der Waals surface area (Å²) in [6, 6.07) is 7.91. The SMILES string of the molecule is Cc1cc(N2CCN(C(=O)c3ccc(F)cc3)CC2)nc(NC(C)C)n1. The Morgan fingerprint density at radius 2 is 1.77 bits per heavy atom. The Morgan fingerprint density at radius 3 is 2.38 bits per heavy atom. The molecule has 0 bridgehead atoms. The van der Waals surface area contributed by atoms with E-state index in [1.165, 1.54) is 24.3 Å². The molecule has 2 heterocycles. The first-order valence-corrected chi connectivity index (χ1v) is 8.84. The minimum Gasteiger partial charge on any atom is -0.353 e. The fourth-order valence-corrected chi connectivity index (χ4v) is 2.95. The topological polar surface area (TPSA) is 61.4 Å². The average Bonchev–Trinajstić information content (AvgIpc) is 2.61. The van der Waals surface area contributed by atoms with Crippen molar-refractivity contribution in [2.75, 3.05) is 36.4 Å². The van der Waals surface area contributed by atoms with Crippen LogP contribution in [0.15, 0.2) is 30.3 Å². The quantitative estimate of drug-likeness (QED) is 0.912. The average molecular weight is 357 g/mol. The number of hydrogen-bond donors (Lipinski definition) is 1. The van der Waals surface area contributed by atoms with Crippen LogP contribution >= 0.6 is 0 Å². The maximum atomic E-state index is 13.0. The normalized spacial score (nSPS) is 14.7. The lowest BCUT2D eigenvalue weighted by Crippen LogP contribution is -2.49. The number of nitrogens with one attached hydrogen (secondary N) is 1. The monoisotopic (exact) mass is 357 g/mol. The van der Waals surface area contributed by atoms with E-state index < -0.39 is 0 Å². The van der Waals surface area contributed by atoms with Gasteiger partial charge in [-0.2, -0.15) is 4.98 Å². The number of halogens is 1. The molecule has 1 fully saturated rings. The summed E-state index contributed by atoms with van der Waals surface area (Å²) in [6.07, 6.45) is 0. The summed E-state index contributed by atoms with van der Waals surface area (Å²) in [5.41, 5.74) is 1.42. The zero-order valence-electron chi connectivity index (χ0n) is 15.4. The van der Waals surface area contributed by atoms with E-state index in [1.54, 1.807) is 4.90 Å². The van der Waals surface area contributed by atoms with E-state index in [-0.39, 0.29) is 17.8 Å². The summed E-state index contributed by atoms with van der Waals surface area (Å²) in [6.45, 7) is 8.65. The van der Waals surface area contributed by atoms with Crippen LogP contribution in [0.4, 0.5) is 16.2 Å². The minimum absolute atomic E-state index is 0.0642. The van der Waals surface area contributed by atoms with Crippen molar-refractivity contribution < 1.29 is 9.18 Å². The van der Waals surface area contributed by atoms with Gasteiger partial charge in [-0.3, -0.25) is 4.79 Å². The van der Waals surface area contributed by atoms with Crippen LogP contribution in [-0.4, -0.2) is 53.0 Å². The van der Waals surface area contributed by atoms with Gasteiger partial charge in [0.1, 0.15) is 11.6 Å². The highest BCUT2D eigenvalue weighted by Gasteiger charge is 2.23. The molecule has 0 saturated carbocycles. The van der Waals surface area contributed by atoms with Crippen LogP contribution in [-0.2, 0) is 0 Å². The number of nitrogens with zero attached hydrogens (tertiary/aromatic N) is 4. The smallest absolute Gasteiger partial charge is 0.253 e. The molecule has 7 heteroatoms. The molecular formula is C19H24FN5O. The van der Waals surface area contributed by atoms with Gasteiger partial charge in [0.15, 0.2) is 0 Å². The fraction of sp³-hybridized carbons (Fsp3) is 0.421. The third-order valence-electron chi connectivity index (χ3n) is 4.24. The first-order valence-electron chi connectivity index (χ1n) is 8.84. The van der Waals surface area contributed by atoms with E-state index in [2.05, 4.69) is 20.2 Å². The molecule has 0 aliphatic carbocycles. The van der Waals surface area contributed by atoms with E-state index in [0.29, 0.717) is 37.7 Å². The predicted octanol–water partition coefficient (Wildman–Crippen LogP) is 2.71. The zero-order chi connectivity index (χ0) is 18.7. The van der Waals surface area contributed by atoms with E-state index in [0.717, 1.165) is 11.5 Å². The van der Waals surface area contributed by atoms with E-state index in [1.807, 2.05) is 26.8 Å². The molecule has 6 nitrogen and oxygen atoms in total. The van der Waals surface area contributed by atoms with Gasteiger partial charge in [0.05, 0.1) is 0 Å². The summed E-state index contributed by atoms with van der Waals surface area (Å²) in [7, 11) is 0. The van der Waals surface area contributed by atoms with Crippen LogP contribution < -0.4 is 10.2 Å². The van der Waals surface area contributed by atoms with Crippen molar-refractivity contribution in [1.82, 2.24) is 14.9 Å². The molecule has 1 aromatic heterocycles. The van der Waals surface area contributed by atoms with Crippen LogP contribution in [0.2, 0.25) is 0 Å². The van der Waals surface area contributed by atoms with Gasteiger partial charge in [0.25, 0.3) is 5.91 Å². The van der Waals surface area contributed by atoms with Crippen LogP contribution in [0.5, 0.6) is 0 Å². The Kier molecular flexibility index (Phi) is 5.35. The number of carbonyl (C=O) groups excluding carboxylic acids is 1. The Bertz CT molecular complexity index is 770. The molecule has 0 atom stereocenters. The molecule has 26 heavy (non-hydrogen) atoms. The van der Waals surface area contributed by atoms with Gasteiger partial charge in [0, 0.05) is 49.5 Å². The summed E-state index contributed by atoms with van der Waals surface area (Å²) in [5, 5.41) is 3.23. The van der Waals surface area contributed by atoms with Crippen molar-refractivity contribution in [2.45, 2.75) is 26.8 Å². The van der Waals surface area contributed by atoms with Crippen molar-refractivity contribution in [3.63, 3.8) is 0 Å². The number of rotatable bonds is 4. The number of aromatic nitrogens is 2. The van der Waals surface area contributed by atoms with Crippen LogP contribution in [0.1, 0.15) is 29.9 Å². The molecule has 0 radical (unpaired) electrons. The number of amides is 1. The first kappa shape index (κ1) is 18.1. The van der Waals surface area contributed by atoms with Crippen molar-refractivity contribution in [3.05, 3.63) is 47.4 Å². The Labute approximate surface area is 153 Å². The number of piperazine rings is 1. The fourth-order valence-electron chi connectivity index (χ4n) is 2.95. The highest BCUT2D eigenvalue weighted by molar-refractivity contribution is 5.94. The molecular weight excluding hydrogens is 333 g/mol. The van der Waals surface area contributed by atoms with Crippen LogP contribution in [0.3, 0.4) is 0 Å². The number of benzene rings is 1. The van der Waals surface area contributed by atoms with Crippen molar-refractivity contribution in [1.29, 1.82) is 0 Å². The summed E-state index contributed by atoms with van der Waals surface area (Å²) >= 11 is 0. The number of carbonyl (C=O) groups is 1.